The van der Waals surface area contributed by atoms with Crippen LogP contribution in [-0.2, 0) is 6.42 Å². The van der Waals surface area contributed by atoms with Crippen LogP contribution in [0.1, 0.15) is 30.9 Å². The van der Waals surface area contributed by atoms with Crippen LogP contribution in [0, 0.1) is 6.92 Å². The van der Waals surface area contributed by atoms with Gasteiger partial charge in [0, 0.05) is 4.90 Å². The maximum absolute atomic E-state index is 12.5. The summed E-state index contributed by atoms with van der Waals surface area (Å²) < 4.78 is 12.5. The van der Waals surface area contributed by atoms with E-state index in [4.69, 9.17) is 0 Å². The van der Waals surface area contributed by atoms with Crippen LogP contribution in [0.2, 0.25) is 0 Å². The van der Waals surface area contributed by atoms with E-state index in [9.17, 15) is 3.89 Å². The van der Waals surface area contributed by atoms with Gasteiger partial charge in [-0.1, -0.05) is 31.0 Å². The van der Waals surface area contributed by atoms with Gasteiger partial charge < -0.3 is 0 Å². The largest absolute Gasteiger partial charge is 0.160 e. The van der Waals surface area contributed by atoms with Gasteiger partial charge in [0.1, 0.15) is 0 Å². The minimum atomic E-state index is 0.355. The van der Waals surface area contributed by atoms with Crippen LogP contribution in [0.3, 0.4) is 0 Å². The maximum Gasteiger partial charge on any atom is 0.0815 e. The van der Waals surface area contributed by atoms with E-state index in [1.54, 1.807) is 0 Å². The SMILES string of the molecule is CCCCc1cc(C)ccc1SF. The highest BCUT2D eigenvalue weighted by Crippen LogP contribution is 2.25. The molecule has 13 heavy (non-hydrogen) atoms. The number of benzene rings is 1. The van der Waals surface area contributed by atoms with E-state index in [1.165, 1.54) is 5.56 Å². The molecule has 0 aliphatic carbocycles. The van der Waals surface area contributed by atoms with Gasteiger partial charge in [-0.2, -0.15) is 3.89 Å². The molecule has 72 valence electrons. The average Bonchev–Trinajstić information content (AvgIpc) is 2.15. The molecule has 0 atom stereocenters. The molecule has 0 saturated heterocycles. The van der Waals surface area contributed by atoms with Crippen molar-refractivity contribution in [3.05, 3.63) is 29.3 Å². The Labute approximate surface area is 83.8 Å². The number of rotatable bonds is 4. The van der Waals surface area contributed by atoms with Crippen molar-refractivity contribution in [3.8, 4) is 0 Å². The van der Waals surface area contributed by atoms with Gasteiger partial charge in [-0.25, -0.2) is 0 Å². The molecule has 0 aliphatic heterocycles. The highest BCUT2D eigenvalue weighted by Gasteiger charge is 2.02. The lowest BCUT2D eigenvalue weighted by Crippen LogP contribution is -1.88. The lowest BCUT2D eigenvalue weighted by Gasteiger charge is -2.05. The van der Waals surface area contributed by atoms with Gasteiger partial charge in [0.25, 0.3) is 0 Å². The number of hydrogen-bond acceptors (Lipinski definition) is 1. The topological polar surface area (TPSA) is 0 Å². The van der Waals surface area contributed by atoms with Crippen LogP contribution in [0.5, 0.6) is 0 Å². The van der Waals surface area contributed by atoms with Crippen LogP contribution in [-0.4, -0.2) is 0 Å². The molecule has 0 bridgehead atoms. The highest BCUT2D eigenvalue weighted by atomic mass is 32.2. The number of unbranched alkanes of at least 4 members (excludes halogenated alkanes) is 1. The third-order valence-electron chi connectivity index (χ3n) is 2.10. The molecule has 0 radical (unpaired) electrons. The Hall–Kier alpha value is -0.500. The standard InChI is InChI=1S/C11H15FS/c1-3-4-5-10-8-9(2)6-7-11(10)13-12/h6-8H,3-5H2,1-2H3. The van der Waals surface area contributed by atoms with Gasteiger partial charge in [-0.05, 0) is 31.4 Å². The zero-order chi connectivity index (χ0) is 9.68. The van der Waals surface area contributed by atoms with E-state index in [1.807, 2.05) is 19.1 Å². The Kier molecular flexibility index (Phi) is 4.29. The summed E-state index contributed by atoms with van der Waals surface area (Å²) in [6, 6.07) is 5.90. The predicted molar refractivity (Wildman–Crippen MR) is 56.8 cm³/mol. The average molecular weight is 198 g/mol. The van der Waals surface area contributed by atoms with E-state index >= 15 is 0 Å². The first-order chi connectivity index (χ1) is 6.27. The van der Waals surface area contributed by atoms with E-state index in [2.05, 4.69) is 13.0 Å². The third-order valence-corrected chi connectivity index (χ3v) is 2.66. The molecule has 2 heteroatoms. The number of halogens is 1. The fourth-order valence-electron chi connectivity index (χ4n) is 1.35. The lowest BCUT2D eigenvalue weighted by atomic mass is 10.1. The first kappa shape index (κ1) is 10.6. The van der Waals surface area contributed by atoms with Crippen molar-refractivity contribution < 1.29 is 3.89 Å². The molecule has 0 aromatic heterocycles. The molecule has 0 unspecified atom stereocenters. The summed E-state index contributed by atoms with van der Waals surface area (Å²) in [5.41, 5.74) is 2.36. The minimum absolute atomic E-state index is 0.355. The van der Waals surface area contributed by atoms with Crippen molar-refractivity contribution in [2.24, 2.45) is 0 Å². The Morgan fingerprint density at radius 1 is 1.38 bits per heavy atom. The van der Waals surface area contributed by atoms with Gasteiger partial charge in [0.2, 0.25) is 0 Å². The van der Waals surface area contributed by atoms with Gasteiger partial charge in [0.15, 0.2) is 0 Å². The molecule has 1 aromatic rings. The molecule has 0 aliphatic rings. The lowest BCUT2D eigenvalue weighted by molar-refractivity contribution is 0.782. The van der Waals surface area contributed by atoms with E-state index < -0.39 is 0 Å². The predicted octanol–water partition coefficient (Wildman–Crippen LogP) is 4.31. The normalized spacial score (nSPS) is 10.4. The quantitative estimate of drug-likeness (QED) is 0.694. The smallest absolute Gasteiger partial charge is 0.0815 e. The van der Waals surface area contributed by atoms with Crippen LogP contribution >= 0.6 is 12.1 Å². The van der Waals surface area contributed by atoms with Crippen molar-refractivity contribution >= 4 is 12.1 Å². The fourth-order valence-corrected chi connectivity index (χ4v) is 1.73. The minimum Gasteiger partial charge on any atom is -0.160 e. The van der Waals surface area contributed by atoms with Gasteiger partial charge >= 0.3 is 0 Å². The summed E-state index contributed by atoms with van der Waals surface area (Å²) in [7, 11) is 0. The van der Waals surface area contributed by atoms with E-state index in [-0.39, 0.29) is 0 Å². The Bertz CT molecular complexity index is 271. The van der Waals surface area contributed by atoms with Crippen molar-refractivity contribution in [1.29, 1.82) is 0 Å². The second-order valence-electron chi connectivity index (χ2n) is 3.29. The molecule has 0 fully saturated rings. The first-order valence-electron chi connectivity index (χ1n) is 4.66. The molecule has 0 nitrogen and oxygen atoms in total. The molecule has 0 amide bonds. The number of hydrogen-bond donors (Lipinski definition) is 0. The summed E-state index contributed by atoms with van der Waals surface area (Å²) in [6.07, 6.45) is 3.28. The molecular weight excluding hydrogens is 183 g/mol. The molecular formula is C11H15FS. The van der Waals surface area contributed by atoms with Crippen LogP contribution in [0.25, 0.3) is 0 Å². The van der Waals surface area contributed by atoms with Gasteiger partial charge in [-0.15, -0.1) is 0 Å². The van der Waals surface area contributed by atoms with E-state index in [0.29, 0.717) is 12.1 Å². The summed E-state index contributed by atoms with van der Waals surface area (Å²) in [5.74, 6) is 0. The first-order valence-corrected chi connectivity index (χ1v) is 5.37. The summed E-state index contributed by atoms with van der Waals surface area (Å²) in [6.45, 7) is 4.19. The Morgan fingerprint density at radius 2 is 2.15 bits per heavy atom. The van der Waals surface area contributed by atoms with Gasteiger partial charge in [-0.3, -0.25) is 0 Å². The molecule has 0 spiro atoms. The number of aryl methyl sites for hydroxylation is 2. The van der Waals surface area contributed by atoms with Crippen LogP contribution < -0.4 is 0 Å². The summed E-state index contributed by atoms with van der Waals surface area (Å²) in [4.78, 5) is 0.777. The van der Waals surface area contributed by atoms with Gasteiger partial charge in [0.05, 0.1) is 12.1 Å². The second-order valence-corrected chi connectivity index (χ2v) is 3.89. The monoisotopic (exact) mass is 198 g/mol. The summed E-state index contributed by atoms with van der Waals surface area (Å²) in [5, 5.41) is 0. The molecule has 0 N–H and O–H groups in total. The fraction of sp³-hybridized carbons (Fsp3) is 0.455. The Balaban J connectivity index is 2.81. The van der Waals surface area contributed by atoms with Crippen molar-refractivity contribution in [3.63, 3.8) is 0 Å². The van der Waals surface area contributed by atoms with Crippen LogP contribution in [0.15, 0.2) is 23.1 Å². The van der Waals surface area contributed by atoms with Crippen LogP contribution in [0.4, 0.5) is 3.89 Å². The molecule has 0 heterocycles. The van der Waals surface area contributed by atoms with Crippen molar-refractivity contribution in [2.75, 3.05) is 0 Å². The van der Waals surface area contributed by atoms with E-state index in [0.717, 1.165) is 29.7 Å². The molecule has 0 saturated carbocycles. The molecule has 1 aromatic carbocycles. The summed E-state index contributed by atoms with van der Waals surface area (Å²) >= 11 is 0.355. The van der Waals surface area contributed by atoms with Crippen molar-refractivity contribution in [1.82, 2.24) is 0 Å². The zero-order valence-electron chi connectivity index (χ0n) is 8.14. The highest BCUT2D eigenvalue weighted by molar-refractivity contribution is 7.94. The van der Waals surface area contributed by atoms with Crippen molar-refractivity contribution in [2.45, 2.75) is 38.0 Å². The third kappa shape index (κ3) is 3.03. The maximum atomic E-state index is 12.5. The Morgan fingerprint density at radius 3 is 2.77 bits per heavy atom. The zero-order valence-corrected chi connectivity index (χ0v) is 8.96. The molecule has 1 rings (SSSR count). The second kappa shape index (κ2) is 5.28.